The van der Waals surface area contributed by atoms with Crippen LogP contribution < -0.4 is 5.32 Å². The van der Waals surface area contributed by atoms with Crippen molar-refractivity contribution in [3.8, 4) is 0 Å². The maximum Gasteiger partial charge on any atom is 0.294 e. The number of nitro benzene ring substituents is 1. The fourth-order valence-electron chi connectivity index (χ4n) is 2.38. The van der Waals surface area contributed by atoms with E-state index in [0.29, 0.717) is 6.54 Å². The molecule has 0 aromatic heterocycles. The molecule has 1 aliphatic heterocycles. The van der Waals surface area contributed by atoms with Crippen molar-refractivity contribution in [1.82, 2.24) is 9.80 Å². The predicted molar refractivity (Wildman–Crippen MR) is 80.5 cm³/mol. The number of nitro groups is 1. The fourth-order valence-corrected chi connectivity index (χ4v) is 2.54. The second-order valence-electron chi connectivity index (χ2n) is 5.32. The van der Waals surface area contributed by atoms with E-state index >= 15 is 0 Å². The molecule has 0 aliphatic carbocycles. The lowest BCUT2D eigenvalue weighted by Crippen LogP contribution is -2.52. The molecule has 21 heavy (non-hydrogen) atoms. The van der Waals surface area contributed by atoms with Crippen molar-refractivity contribution in [2.45, 2.75) is 6.04 Å². The van der Waals surface area contributed by atoms with Gasteiger partial charge >= 0.3 is 0 Å². The lowest BCUT2D eigenvalue weighted by Gasteiger charge is -2.37. The van der Waals surface area contributed by atoms with E-state index in [9.17, 15) is 14.5 Å². The van der Waals surface area contributed by atoms with E-state index in [4.69, 9.17) is 11.6 Å². The van der Waals surface area contributed by atoms with Gasteiger partial charge in [0, 0.05) is 44.4 Å². The molecule has 1 unspecified atom stereocenters. The Morgan fingerprint density at radius 1 is 1.48 bits per heavy atom. The molecule has 1 saturated heterocycles. The number of nitrogens with zero attached hydrogens (tertiary/aromatic N) is 3. The molecular formula is C13H18ClFN4O2. The van der Waals surface area contributed by atoms with Crippen LogP contribution in [0.5, 0.6) is 0 Å². The zero-order chi connectivity index (χ0) is 15.6. The second-order valence-corrected chi connectivity index (χ2v) is 5.73. The van der Waals surface area contributed by atoms with Crippen molar-refractivity contribution in [3.05, 3.63) is 33.1 Å². The van der Waals surface area contributed by atoms with E-state index in [1.165, 1.54) is 0 Å². The number of hydrogen-bond donors (Lipinski definition) is 1. The Labute approximate surface area is 127 Å². The van der Waals surface area contributed by atoms with Gasteiger partial charge in [-0.25, -0.2) is 4.39 Å². The summed E-state index contributed by atoms with van der Waals surface area (Å²) in [6, 6.07) is 2.32. The molecular weight excluding hydrogens is 299 g/mol. The summed E-state index contributed by atoms with van der Waals surface area (Å²) >= 11 is 5.60. The zero-order valence-electron chi connectivity index (χ0n) is 12.0. The first-order chi connectivity index (χ1) is 9.88. The van der Waals surface area contributed by atoms with Gasteiger partial charge in [-0.05, 0) is 14.1 Å². The van der Waals surface area contributed by atoms with Crippen LogP contribution in [-0.2, 0) is 0 Å². The number of anilines is 1. The van der Waals surface area contributed by atoms with Crippen LogP contribution in [0.15, 0.2) is 12.1 Å². The molecule has 6 nitrogen and oxygen atoms in total. The molecule has 1 atom stereocenters. The minimum absolute atomic E-state index is 0.156. The highest BCUT2D eigenvalue weighted by atomic mass is 35.5. The monoisotopic (exact) mass is 316 g/mol. The molecule has 1 N–H and O–H groups in total. The summed E-state index contributed by atoms with van der Waals surface area (Å²) in [6.07, 6.45) is 0. The maximum atomic E-state index is 13.5. The lowest BCUT2D eigenvalue weighted by atomic mass is 10.1. The Kier molecular flexibility index (Phi) is 4.97. The Morgan fingerprint density at radius 3 is 2.86 bits per heavy atom. The summed E-state index contributed by atoms with van der Waals surface area (Å²) in [5.41, 5.74) is -0.0586. The van der Waals surface area contributed by atoms with Crippen molar-refractivity contribution in [2.24, 2.45) is 0 Å². The number of piperazine rings is 1. The molecule has 1 aromatic rings. The third kappa shape index (κ3) is 3.81. The van der Waals surface area contributed by atoms with Crippen molar-refractivity contribution in [1.29, 1.82) is 0 Å². The molecule has 1 heterocycles. The minimum Gasteiger partial charge on any atom is -0.378 e. The van der Waals surface area contributed by atoms with Gasteiger partial charge in [-0.3, -0.25) is 15.0 Å². The summed E-state index contributed by atoms with van der Waals surface area (Å²) in [5, 5.41) is 13.7. The first kappa shape index (κ1) is 15.9. The van der Waals surface area contributed by atoms with Gasteiger partial charge in [0.1, 0.15) is 11.5 Å². The standard InChI is InChI=1S/C13H18ClFN4O2/c1-17-3-4-18(2)9(8-17)7-16-12-6-11(15)10(14)5-13(12)19(20)21/h5-6,9,16H,3-4,7-8H2,1-2H3. The molecule has 1 aromatic carbocycles. The summed E-state index contributed by atoms with van der Waals surface area (Å²) in [7, 11) is 4.04. The number of benzene rings is 1. The van der Waals surface area contributed by atoms with E-state index in [0.717, 1.165) is 31.8 Å². The lowest BCUT2D eigenvalue weighted by molar-refractivity contribution is -0.384. The Balaban J connectivity index is 2.12. The molecule has 116 valence electrons. The van der Waals surface area contributed by atoms with E-state index in [1.807, 2.05) is 14.1 Å². The molecule has 0 radical (unpaired) electrons. The van der Waals surface area contributed by atoms with Gasteiger partial charge in [-0.2, -0.15) is 0 Å². The highest BCUT2D eigenvalue weighted by molar-refractivity contribution is 6.31. The van der Waals surface area contributed by atoms with Crippen LogP contribution in [0.2, 0.25) is 5.02 Å². The van der Waals surface area contributed by atoms with Gasteiger partial charge in [0.05, 0.1) is 9.95 Å². The molecule has 8 heteroatoms. The predicted octanol–water partition coefficient (Wildman–Crippen LogP) is 2.04. The average molecular weight is 317 g/mol. The Bertz CT molecular complexity index is 543. The van der Waals surface area contributed by atoms with Crippen molar-refractivity contribution in [3.63, 3.8) is 0 Å². The molecule has 1 fully saturated rings. The number of likely N-dealkylation sites (N-methyl/N-ethyl adjacent to an activating group) is 2. The molecule has 1 aliphatic rings. The zero-order valence-corrected chi connectivity index (χ0v) is 12.7. The fraction of sp³-hybridized carbons (Fsp3) is 0.538. The van der Waals surface area contributed by atoms with Crippen LogP contribution in [-0.4, -0.2) is 61.0 Å². The largest absolute Gasteiger partial charge is 0.378 e. The van der Waals surface area contributed by atoms with Gasteiger partial charge in [0.15, 0.2) is 0 Å². The quantitative estimate of drug-likeness (QED) is 0.680. The number of rotatable bonds is 4. The second kappa shape index (κ2) is 6.55. The van der Waals surface area contributed by atoms with Crippen LogP contribution in [0.3, 0.4) is 0 Å². The summed E-state index contributed by atoms with van der Waals surface area (Å²) in [6.45, 7) is 3.28. The van der Waals surface area contributed by atoms with E-state index in [2.05, 4.69) is 15.1 Å². The van der Waals surface area contributed by atoms with Crippen molar-refractivity contribution < 1.29 is 9.31 Å². The van der Waals surface area contributed by atoms with Crippen LogP contribution in [0.1, 0.15) is 0 Å². The first-order valence-corrected chi connectivity index (χ1v) is 7.02. The number of nitrogens with one attached hydrogen (secondary N) is 1. The molecule has 0 spiro atoms. The average Bonchev–Trinajstić information content (AvgIpc) is 2.42. The third-order valence-corrected chi connectivity index (χ3v) is 4.03. The topological polar surface area (TPSA) is 61.6 Å². The molecule has 0 amide bonds. The minimum atomic E-state index is -0.668. The van der Waals surface area contributed by atoms with E-state index in [1.54, 1.807) is 0 Å². The normalized spacial score (nSPS) is 20.5. The number of halogens is 2. The van der Waals surface area contributed by atoms with E-state index in [-0.39, 0.29) is 22.4 Å². The van der Waals surface area contributed by atoms with Crippen molar-refractivity contribution >= 4 is 23.0 Å². The summed E-state index contributed by atoms with van der Waals surface area (Å²) in [5.74, 6) is -0.668. The van der Waals surface area contributed by atoms with Gasteiger partial charge < -0.3 is 10.2 Å². The van der Waals surface area contributed by atoms with E-state index < -0.39 is 10.7 Å². The highest BCUT2D eigenvalue weighted by Gasteiger charge is 2.24. The summed E-state index contributed by atoms with van der Waals surface area (Å²) < 4.78 is 13.5. The Hall–Kier alpha value is -1.44. The van der Waals surface area contributed by atoms with Gasteiger partial charge in [-0.15, -0.1) is 0 Å². The molecule has 2 rings (SSSR count). The SMILES string of the molecule is CN1CCN(C)C(CNc2cc(F)c(Cl)cc2[N+](=O)[O-])C1. The summed E-state index contributed by atoms with van der Waals surface area (Å²) in [4.78, 5) is 14.8. The highest BCUT2D eigenvalue weighted by Crippen LogP contribution is 2.30. The first-order valence-electron chi connectivity index (χ1n) is 6.64. The van der Waals surface area contributed by atoms with Gasteiger partial charge in [0.2, 0.25) is 0 Å². The Morgan fingerprint density at radius 2 is 2.19 bits per heavy atom. The van der Waals surface area contributed by atoms with Crippen LogP contribution >= 0.6 is 11.6 Å². The van der Waals surface area contributed by atoms with Gasteiger partial charge in [0.25, 0.3) is 5.69 Å². The van der Waals surface area contributed by atoms with Gasteiger partial charge in [-0.1, -0.05) is 11.6 Å². The maximum absolute atomic E-state index is 13.5. The third-order valence-electron chi connectivity index (χ3n) is 3.74. The van der Waals surface area contributed by atoms with Crippen LogP contribution in [0, 0.1) is 15.9 Å². The van der Waals surface area contributed by atoms with Crippen LogP contribution in [0.25, 0.3) is 0 Å². The smallest absolute Gasteiger partial charge is 0.294 e. The molecule has 0 bridgehead atoms. The number of hydrogen-bond acceptors (Lipinski definition) is 5. The van der Waals surface area contributed by atoms with Crippen molar-refractivity contribution in [2.75, 3.05) is 45.6 Å². The molecule has 0 saturated carbocycles. The van der Waals surface area contributed by atoms with Crippen LogP contribution in [0.4, 0.5) is 15.8 Å².